The summed E-state index contributed by atoms with van der Waals surface area (Å²) in [7, 11) is 1.58. The summed E-state index contributed by atoms with van der Waals surface area (Å²) in [4.78, 5) is 39.6. The molecule has 0 bridgehead atoms. The lowest BCUT2D eigenvalue weighted by molar-refractivity contribution is -0.134. The van der Waals surface area contributed by atoms with Crippen molar-refractivity contribution in [2.75, 3.05) is 24.2 Å². The van der Waals surface area contributed by atoms with E-state index >= 15 is 0 Å². The molecule has 0 saturated carbocycles. The number of thioether (sulfide) groups is 1. The minimum absolute atomic E-state index is 0.0389. The number of benzene rings is 2. The van der Waals surface area contributed by atoms with E-state index in [0.717, 1.165) is 33.0 Å². The van der Waals surface area contributed by atoms with Gasteiger partial charge in [0, 0.05) is 24.1 Å². The highest BCUT2D eigenvalue weighted by Crippen LogP contribution is 2.36. The predicted octanol–water partition coefficient (Wildman–Crippen LogP) is 3.51. The van der Waals surface area contributed by atoms with E-state index in [9.17, 15) is 14.4 Å². The molecule has 0 aliphatic carbocycles. The Balaban J connectivity index is 1.58. The molecule has 7 heteroatoms. The summed E-state index contributed by atoms with van der Waals surface area (Å²) >= 11 is 1.38. The quantitative estimate of drug-likeness (QED) is 0.789. The molecule has 0 spiro atoms. The van der Waals surface area contributed by atoms with Gasteiger partial charge in [-0.3, -0.25) is 14.4 Å². The van der Waals surface area contributed by atoms with Gasteiger partial charge in [0.15, 0.2) is 0 Å². The minimum atomic E-state index is -0.510. The van der Waals surface area contributed by atoms with Crippen LogP contribution < -0.4 is 10.6 Å². The standard InChI is InChI=1S/C22H25N3O3S/c1-13-9-14(2)21(15(3)10-13)24-19(26)12-25(4)20(27)11-18-22(28)23-16-7-5-6-8-17(16)29-18/h5-10,18H,11-12H2,1-4H3,(H,23,28)(H,24,26)/t18-/m1/s1. The lowest BCUT2D eigenvalue weighted by Crippen LogP contribution is -2.39. The van der Waals surface area contributed by atoms with Crippen molar-refractivity contribution < 1.29 is 14.4 Å². The molecule has 2 aromatic rings. The smallest absolute Gasteiger partial charge is 0.243 e. The van der Waals surface area contributed by atoms with Gasteiger partial charge in [-0.25, -0.2) is 0 Å². The third-order valence-electron chi connectivity index (χ3n) is 4.81. The molecule has 0 fully saturated rings. The Hall–Kier alpha value is -2.80. The second-order valence-corrected chi connectivity index (χ2v) is 8.61. The molecular weight excluding hydrogens is 386 g/mol. The van der Waals surface area contributed by atoms with E-state index in [1.165, 1.54) is 16.7 Å². The topological polar surface area (TPSA) is 78.5 Å². The van der Waals surface area contributed by atoms with Gasteiger partial charge in [0.1, 0.15) is 0 Å². The number of aryl methyl sites for hydroxylation is 3. The molecule has 1 aliphatic heterocycles. The number of carbonyl (C=O) groups is 3. The highest BCUT2D eigenvalue weighted by atomic mass is 32.2. The van der Waals surface area contributed by atoms with Gasteiger partial charge >= 0.3 is 0 Å². The van der Waals surface area contributed by atoms with Crippen LogP contribution in [0, 0.1) is 20.8 Å². The molecular formula is C22H25N3O3S. The highest BCUT2D eigenvalue weighted by Gasteiger charge is 2.30. The van der Waals surface area contributed by atoms with Crippen molar-refractivity contribution >= 4 is 40.9 Å². The van der Waals surface area contributed by atoms with E-state index < -0.39 is 5.25 Å². The van der Waals surface area contributed by atoms with Gasteiger partial charge in [0.05, 0.1) is 17.5 Å². The van der Waals surface area contributed by atoms with Crippen molar-refractivity contribution in [3.63, 3.8) is 0 Å². The van der Waals surface area contributed by atoms with E-state index in [0.29, 0.717) is 0 Å². The number of hydrogen-bond donors (Lipinski definition) is 2. The second kappa shape index (κ2) is 8.69. The van der Waals surface area contributed by atoms with Crippen molar-refractivity contribution in [2.45, 2.75) is 37.3 Å². The summed E-state index contributed by atoms with van der Waals surface area (Å²) in [5.41, 5.74) is 4.65. The predicted molar refractivity (Wildman–Crippen MR) is 116 cm³/mol. The number of nitrogens with one attached hydrogen (secondary N) is 2. The number of rotatable bonds is 5. The number of para-hydroxylation sites is 1. The Labute approximate surface area is 175 Å². The van der Waals surface area contributed by atoms with Gasteiger partial charge in [0.2, 0.25) is 17.7 Å². The Kier molecular flexibility index (Phi) is 6.27. The van der Waals surface area contributed by atoms with E-state index in [1.54, 1.807) is 7.05 Å². The van der Waals surface area contributed by atoms with Crippen molar-refractivity contribution in [3.05, 3.63) is 53.1 Å². The minimum Gasteiger partial charge on any atom is -0.336 e. The number of amides is 3. The van der Waals surface area contributed by atoms with Gasteiger partial charge < -0.3 is 15.5 Å². The fourth-order valence-electron chi connectivity index (χ4n) is 3.40. The number of carbonyl (C=O) groups excluding carboxylic acids is 3. The van der Waals surface area contributed by atoms with Crippen LogP contribution in [-0.4, -0.2) is 41.5 Å². The van der Waals surface area contributed by atoms with Crippen LogP contribution in [0.25, 0.3) is 0 Å². The van der Waals surface area contributed by atoms with Gasteiger partial charge in [0.25, 0.3) is 0 Å². The van der Waals surface area contributed by atoms with Gasteiger partial charge in [-0.15, -0.1) is 11.8 Å². The first-order valence-corrected chi connectivity index (χ1v) is 10.3. The maximum absolute atomic E-state index is 12.6. The SMILES string of the molecule is Cc1cc(C)c(NC(=O)CN(C)C(=O)C[C@H]2Sc3ccccc3NC2=O)c(C)c1. The van der Waals surface area contributed by atoms with Crippen molar-refractivity contribution in [1.29, 1.82) is 0 Å². The Morgan fingerprint density at radius 3 is 2.48 bits per heavy atom. The normalized spacial score (nSPS) is 15.3. The van der Waals surface area contributed by atoms with E-state index in [-0.39, 0.29) is 30.7 Å². The lowest BCUT2D eigenvalue weighted by Gasteiger charge is -2.25. The number of anilines is 2. The molecule has 2 N–H and O–H groups in total. The summed E-state index contributed by atoms with van der Waals surface area (Å²) in [5.74, 6) is -0.697. The third-order valence-corrected chi connectivity index (χ3v) is 6.09. The first kappa shape index (κ1) is 20.9. The zero-order valence-electron chi connectivity index (χ0n) is 17.0. The summed E-state index contributed by atoms with van der Waals surface area (Å²) in [5, 5.41) is 5.22. The Morgan fingerprint density at radius 2 is 1.79 bits per heavy atom. The molecule has 0 unspecified atom stereocenters. The summed E-state index contributed by atoms with van der Waals surface area (Å²) in [6.45, 7) is 5.83. The van der Waals surface area contributed by atoms with E-state index in [4.69, 9.17) is 0 Å². The summed E-state index contributed by atoms with van der Waals surface area (Å²) in [6, 6.07) is 11.5. The Bertz CT molecular complexity index is 951. The van der Waals surface area contributed by atoms with Gasteiger partial charge in [-0.1, -0.05) is 29.8 Å². The number of fused-ring (bicyclic) bond motifs is 1. The van der Waals surface area contributed by atoms with Crippen LogP contribution in [0.1, 0.15) is 23.1 Å². The summed E-state index contributed by atoms with van der Waals surface area (Å²) < 4.78 is 0. The summed E-state index contributed by atoms with van der Waals surface area (Å²) in [6.07, 6.45) is 0.0389. The number of nitrogens with zero attached hydrogens (tertiary/aromatic N) is 1. The molecule has 0 aromatic heterocycles. The molecule has 3 rings (SSSR count). The average molecular weight is 412 g/mol. The monoisotopic (exact) mass is 411 g/mol. The van der Waals surface area contributed by atoms with Crippen molar-refractivity contribution in [1.82, 2.24) is 4.90 Å². The molecule has 1 atom stereocenters. The maximum Gasteiger partial charge on any atom is 0.243 e. The fourth-order valence-corrected chi connectivity index (χ4v) is 4.50. The van der Waals surface area contributed by atoms with Crippen LogP contribution in [0.5, 0.6) is 0 Å². The maximum atomic E-state index is 12.6. The highest BCUT2D eigenvalue weighted by molar-refractivity contribution is 8.01. The molecule has 29 heavy (non-hydrogen) atoms. The number of likely N-dealkylation sites (N-methyl/N-ethyl adjacent to an activating group) is 1. The molecule has 3 amide bonds. The largest absolute Gasteiger partial charge is 0.336 e. The van der Waals surface area contributed by atoms with Crippen LogP contribution in [0.4, 0.5) is 11.4 Å². The van der Waals surface area contributed by atoms with Crippen LogP contribution in [0.3, 0.4) is 0 Å². The van der Waals surface area contributed by atoms with Gasteiger partial charge in [-0.05, 0) is 44.0 Å². The molecule has 1 aliphatic rings. The van der Waals surface area contributed by atoms with E-state index in [1.807, 2.05) is 57.2 Å². The van der Waals surface area contributed by atoms with E-state index in [2.05, 4.69) is 10.6 Å². The van der Waals surface area contributed by atoms with Gasteiger partial charge in [-0.2, -0.15) is 0 Å². The number of hydrogen-bond acceptors (Lipinski definition) is 4. The third kappa shape index (κ3) is 4.98. The first-order chi connectivity index (χ1) is 13.7. The first-order valence-electron chi connectivity index (χ1n) is 9.43. The van der Waals surface area contributed by atoms with Crippen LogP contribution in [-0.2, 0) is 14.4 Å². The van der Waals surface area contributed by atoms with Crippen molar-refractivity contribution in [3.8, 4) is 0 Å². The molecule has 1 heterocycles. The lowest BCUT2D eigenvalue weighted by atomic mass is 10.1. The molecule has 0 saturated heterocycles. The van der Waals surface area contributed by atoms with Crippen LogP contribution in [0.15, 0.2) is 41.3 Å². The van der Waals surface area contributed by atoms with Crippen molar-refractivity contribution in [2.24, 2.45) is 0 Å². The zero-order valence-corrected chi connectivity index (χ0v) is 17.9. The fraction of sp³-hybridized carbons (Fsp3) is 0.318. The Morgan fingerprint density at radius 1 is 1.14 bits per heavy atom. The molecule has 0 radical (unpaired) electrons. The molecule has 6 nitrogen and oxygen atoms in total. The second-order valence-electron chi connectivity index (χ2n) is 7.37. The zero-order chi connectivity index (χ0) is 21.1. The molecule has 152 valence electrons. The van der Waals surface area contributed by atoms with Crippen LogP contribution >= 0.6 is 11.8 Å². The van der Waals surface area contributed by atoms with Crippen LogP contribution in [0.2, 0.25) is 0 Å². The average Bonchev–Trinajstić information content (AvgIpc) is 2.65. The molecule has 2 aromatic carbocycles.